The quantitative estimate of drug-likeness (QED) is 0.734. The molecule has 28 heavy (non-hydrogen) atoms. The van der Waals surface area contributed by atoms with E-state index in [1.807, 2.05) is 60.9 Å². The van der Waals surface area contributed by atoms with Gasteiger partial charge in [-0.05, 0) is 54.8 Å². The Hall–Kier alpha value is -2.77. The van der Waals surface area contributed by atoms with Crippen molar-refractivity contribution in [1.29, 1.82) is 0 Å². The fourth-order valence-electron chi connectivity index (χ4n) is 3.96. The predicted molar refractivity (Wildman–Crippen MR) is 107 cm³/mol. The summed E-state index contributed by atoms with van der Waals surface area (Å²) in [4.78, 5) is 2.41. The number of rotatable bonds is 4. The summed E-state index contributed by atoms with van der Waals surface area (Å²) in [6.07, 6.45) is 5.72. The van der Waals surface area contributed by atoms with E-state index in [0.29, 0.717) is 11.5 Å². The molecule has 1 fully saturated rings. The molecule has 1 saturated heterocycles. The van der Waals surface area contributed by atoms with E-state index >= 15 is 0 Å². The Morgan fingerprint density at radius 3 is 2.71 bits per heavy atom. The van der Waals surface area contributed by atoms with Crippen LogP contribution in [0, 0.1) is 0 Å². The molecule has 1 unspecified atom stereocenters. The minimum Gasteiger partial charge on any atom is -0.457 e. The van der Waals surface area contributed by atoms with Crippen LogP contribution in [-0.2, 0) is 16.6 Å². The van der Waals surface area contributed by atoms with E-state index in [2.05, 4.69) is 14.2 Å². The average Bonchev–Trinajstić information content (AvgIpc) is 3.34. The van der Waals surface area contributed by atoms with Gasteiger partial charge in [0.05, 0.1) is 11.9 Å². The van der Waals surface area contributed by atoms with Crippen molar-refractivity contribution in [1.82, 2.24) is 9.29 Å². The van der Waals surface area contributed by atoms with Crippen molar-refractivity contribution in [3.63, 3.8) is 0 Å². The third-order valence-electron chi connectivity index (χ3n) is 5.24. The zero-order valence-electron chi connectivity index (χ0n) is 15.3. The SMILES string of the molecule is O=S1(=O)NC2CCCN2c2ccc(Oc3cccc(Cn4cccc4)c3)cc21. The molecule has 3 aromatic rings. The van der Waals surface area contributed by atoms with Crippen molar-refractivity contribution in [3.05, 3.63) is 72.6 Å². The number of sulfonamides is 1. The minimum absolute atomic E-state index is 0.130. The Labute approximate surface area is 164 Å². The van der Waals surface area contributed by atoms with Crippen LogP contribution in [0.25, 0.3) is 0 Å². The maximum Gasteiger partial charge on any atom is 0.244 e. The molecule has 0 radical (unpaired) electrons. The second kappa shape index (κ2) is 6.68. The van der Waals surface area contributed by atoms with Crippen LogP contribution < -0.4 is 14.4 Å². The first-order valence-corrected chi connectivity index (χ1v) is 10.9. The Bertz CT molecular complexity index is 1110. The van der Waals surface area contributed by atoms with Crippen LogP contribution in [-0.4, -0.2) is 25.7 Å². The van der Waals surface area contributed by atoms with Gasteiger partial charge in [0.1, 0.15) is 16.4 Å². The summed E-state index contributed by atoms with van der Waals surface area (Å²) >= 11 is 0. The molecule has 0 saturated carbocycles. The molecule has 2 aromatic carbocycles. The first kappa shape index (κ1) is 17.3. The lowest BCUT2D eigenvalue weighted by Gasteiger charge is -2.33. The van der Waals surface area contributed by atoms with Crippen molar-refractivity contribution in [2.45, 2.75) is 30.4 Å². The van der Waals surface area contributed by atoms with E-state index in [1.54, 1.807) is 6.07 Å². The third kappa shape index (κ3) is 3.16. The van der Waals surface area contributed by atoms with Crippen LogP contribution in [0.1, 0.15) is 18.4 Å². The van der Waals surface area contributed by atoms with Gasteiger partial charge < -0.3 is 14.2 Å². The number of fused-ring (bicyclic) bond motifs is 3. The van der Waals surface area contributed by atoms with Crippen molar-refractivity contribution >= 4 is 15.7 Å². The smallest absolute Gasteiger partial charge is 0.244 e. The van der Waals surface area contributed by atoms with E-state index in [1.165, 1.54) is 0 Å². The number of ether oxygens (including phenoxy) is 1. The molecule has 0 spiro atoms. The van der Waals surface area contributed by atoms with Crippen LogP contribution in [0.15, 0.2) is 71.9 Å². The molecule has 7 heteroatoms. The maximum atomic E-state index is 12.7. The van der Waals surface area contributed by atoms with Gasteiger partial charge in [-0.3, -0.25) is 0 Å². The molecular weight excluding hydrogens is 374 g/mol. The van der Waals surface area contributed by atoms with Crippen LogP contribution in [0.4, 0.5) is 5.69 Å². The standard InChI is InChI=1S/C21H21N3O3S/c25-28(26)20-14-18(8-9-19(20)24-12-4-7-21(24)22-28)27-17-6-3-5-16(13-17)15-23-10-1-2-11-23/h1-3,5-6,8-11,13-14,21-22H,4,7,12,15H2. The molecular formula is C21H21N3O3S. The van der Waals surface area contributed by atoms with Crippen LogP contribution in [0.3, 0.4) is 0 Å². The summed E-state index contributed by atoms with van der Waals surface area (Å²) in [5.74, 6) is 1.20. The van der Waals surface area contributed by atoms with Crippen LogP contribution in [0.2, 0.25) is 0 Å². The predicted octanol–water partition coefficient (Wildman–Crippen LogP) is 3.55. The Morgan fingerprint density at radius 2 is 1.86 bits per heavy atom. The molecule has 3 heterocycles. The lowest BCUT2D eigenvalue weighted by atomic mass is 10.2. The summed E-state index contributed by atoms with van der Waals surface area (Å²) in [7, 11) is -3.53. The molecule has 1 atom stereocenters. The molecule has 6 nitrogen and oxygen atoms in total. The number of anilines is 1. The lowest BCUT2D eigenvalue weighted by molar-refractivity contribution is 0.478. The van der Waals surface area contributed by atoms with E-state index in [-0.39, 0.29) is 11.1 Å². The van der Waals surface area contributed by atoms with Gasteiger partial charge in [0.25, 0.3) is 0 Å². The number of hydrogen-bond donors (Lipinski definition) is 1. The van der Waals surface area contributed by atoms with Gasteiger partial charge in [0.2, 0.25) is 10.0 Å². The van der Waals surface area contributed by atoms with Gasteiger partial charge in [0.15, 0.2) is 0 Å². The zero-order valence-corrected chi connectivity index (χ0v) is 16.1. The molecule has 0 bridgehead atoms. The average molecular weight is 395 g/mol. The summed E-state index contributed by atoms with van der Waals surface area (Å²) in [6, 6.07) is 17.1. The van der Waals surface area contributed by atoms with E-state index in [9.17, 15) is 8.42 Å². The molecule has 2 aliphatic heterocycles. The van der Waals surface area contributed by atoms with Gasteiger partial charge in [-0.25, -0.2) is 8.42 Å². The second-order valence-electron chi connectivity index (χ2n) is 7.21. The maximum absolute atomic E-state index is 12.7. The minimum atomic E-state index is -3.53. The normalized spacial score (nSPS) is 19.9. The molecule has 5 rings (SSSR count). The van der Waals surface area contributed by atoms with Gasteiger partial charge in [0, 0.05) is 31.5 Å². The molecule has 144 valence electrons. The number of aromatic nitrogens is 1. The summed E-state index contributed by atoms with van der Waals surface area (Å²) in [5.41, 5.74) is 1.87. The number of benzene rings is 2. The van der Waals surface area contributed by atoms with Crippen molar-refractivity contribution in [3.8, 4) is 11.5 Å². The van der Waals surface area contributed by atoms with E-state index in [0.717, 1.165) is 37.2 Å². The zero-order chi connectivity index (χ0) is 19.1. The highest BCUT2D eigenvalue weighted by atomic mass is 32.2. The Morgan fingerprint density at radius 1 is 1.04 bits per heavy atom. The molecule has 1 aromatic heterocycles. The van der Waals surface area contributed by atoms with Crippen LogP contribution in [0.5, 0.6) is 11.5 Å². The van der Waals surface area contributed by atoms with E-state index < -0.39 is 10.0 Å². The number of nitrogens with one attached hydrogen (secondary N) is 1. The monoisotopic (exact) mass is 395 g/mol. The lowest BCUT2D eigenvalue weighted by Crippen LogP contribution is -2.48. The Balaban J connectivity index is 1.42. The van der Waals surface area contributed by atoms with Crippen molar-refractivity contribution < 1.29 is 13.2 Å². The summed E-state index contributed by atoms with van der Waals surface area (Å²) in [5, 5.41) is 0. The fourth-order valence-corrected chi connectivity index (χ4v) is 5.42. The molecule has 1 N–H and O–H groups in total. The highest BCUT2D eigenvalue weighted by Crippen LogP contribution is 2.38. The second-order valence-corrected chi connectivity index (χ2v) is 8.89. The van der Waals surface area contributed by atoms with Gasteiger partial charge in [-0.1, -0.05) is 12.1 Å². The topological polar surface area (TPSA) is 63.6 Å². The van der Waals surface area contributed by atoms with E-state index in [4.69, 9.17) is 4.74 Å². The molecule has 0 amide bonds. The summed E-state index contributed by atoms with van der Waals surface area (Å²) < 4.78 is 36.2. The molecule has 2 aliphatic rings. The highest BCUT2D eigenvalue weighted by molar-refractivity contribution is 7.89. The highest BCUT2D eigenvalue weighted by Gasteiger charge is 2.37. The number of nitrogens with zero attached hydrogens (tertiary/aromatic N) is 2. The largest absolute Gasteiger partial charge is 0.457 e. The van der Waals surface area contributed by atoms with Gasteiger partial charge in [-0.15, -0.1) is 0 Å². The van der Waals surface area contributed by atoms with Crippen molar-refractivity contribution in [2.24, 2.45) is 0 Å². The van der Waals surface area contributed by atoms with Gasteiger partial charge >= 0.3 is 0 Å². The first-order valence-electron chi connectivity index (χ1n) is 9.39. The summed E-state index contributed by atoms with van der Waals surface area (Å²) in [6.45, 7) is 1.62. The Kier molecular flexibility index (Phi) is 4.14. The number of hydrogen-bond acceptors (Lipinski definition) is 4. The van der Waals surface area contributed by atoms with Crippen molar-refractivity contribution in [2.75, 3.05) is 11.4 Å². The van der Waals surface area contributed by atoms with Crippen LogP contribution >= 0.6 is 0 Å². The first-order chi connectivity index (χ1) is 13.6. The molecule has 0 aliphatic carbocycles. The third-order valence-corrected chi connectivity index (χ3v) is 6.73. The fraction of sp³-hybridized carbons (Fsp3) is 0.238. The van der Waals surface area contributed by atoms with Gasteiger partial charge in [-0.2, -0.15) is 4.72 Å².